The highest BCUT2D eigenvalue weighted by Crippen LogP contribution is 2.42. The molecule has 2 aromatic rings. The van der Waals surface area contributed by atoms with Gasteiger partial charge in [0.1, 0.15) is 22.0 Å². The van der Waals surface area contributed by atoms with Crippen molar-refractivity contribution in [2.45, 2.75) is 201 Å². The topological polar surface area (TPSA) is 43.4 Å². The van der Waals surface area contributed by atoms with Gasteiger partial charge in [0.2, 0.25) is 0 Å². The van der Waals surface area contributed by atoms with Crippen LogP contribution in [0.25, 0.3) is 0 Å². The highest BCUT2D eigenvalue weighted by molar-refractivity contribution is 7.88. The Hall–Kier alpha value is -2.61. The summed E-state index contributed by atoms with van der Waals surface area (Å²) in [6.45, 7) is 35.0. The molecule has 0 aliphatic heterocycles. The van der Waals surface area contributed by atoms with Crippen molar-refractivity contribution in [1.29, 1.82) is 0 Å². The van der Waals surface area contributed by atoms with E-state index in [0.29, 0.717) is 50.8 Å². The van der Waals surface area contributed by atoms with E-state index in [-0.39, 0.29) is 11.4 Å². The molecule has 0 aliphatic rings. The second kappa shape index (κ2) is 24.6. The van der Waals surface area contributed by atoms with Gasteiger partial charge in [-0.3, -0.25) is 0 Å². The summed E-state index contributed by atoms with van der Waals surface area (Å²) < 4.78 is 90.9. The van der Waals surface area contributed by atoms with Gasteiger partial charge in [-0.25, -0.2) is 8.78 Å². The minimum absolute atomic E-state index is 0.00863. The molecule has 0 aromatic heterocycles. The Labute approximate surface area is 353 Å². The zero-order valence-corrected chi connectivity index (χ0v) is 41.3. The van der Waals surface area contributed by atoms with E-state index in [0.717, 1.165) is 49.3 Å². The van der Waals surface area contributed by atoms with Crippen LogP contribution < -0.4 is 4.18 Å². The third-order valence-electron chi connectivity index (χ3n) is 11.6. The van der Waals surface area contributed by atoms with Crippen LogP contribution in [0.5, 0.6) is 5.75 Å². The Morgan fingerprint density at radius 1 is 0.638 bits per heavy atom. The smallest absolute Gasteiger partial charge is 0.373 e. The second-order valence-electron chi connectivity index (χ2n) is 17.6. The minimum Gasteiger partial charge on any atom is -0.373 e. The highest BCUT2D eigenvalue weighted by atomic mass is 32.2. The predicted molar refractivity (Wildman–Crippen MR) is 242 cm³/mol. The molecule has 0 aliphatic carbocycles. The molecule has 0 spiro atoms. The molecule has 0 radical (unpaired) electrons. The fourth-order valence-corrected chi connectivity index (χ4v) is 19.3. The third-order valence-corrected chi connectivity index (χ3v) is 25.1. The average molecular weight is 871 g/mol. The average Bonchev–Trinajstić information content (AvgIpc) is 3.07. The molecule has 330 valence electrons. The van der Waals surface area contributed by atoms with Gasteiger partial charge in [-0.05, 0) is 107 Å². The summed E-state index contributed by atoms with van der Waals surface area (Å²) in [4.78, 5) is 0. The van der Waals surface area contributed by atoms with Crippen LogP contribution in [0.1, 0.15) is 163 Å². The van der Waals surface area contributed by atoms with Gasteiger partial charge in [-0.2, -0.15) is 21.6 Å². The van der Waals surface area contributed by atoms with Crippen LogP contribution in [0, 0.1) is 48.9 Å². The molecule has 58 heavy (non-hydrogen) atoms. The number of hydrogen-bond acceptors (Lipinski definition) is 3. The van der Waals surface area contributed by atoms with Crippen molar-refractivity contribution >= 4 is 26.3 Å². The van der Waals surface area contributed by atoms with Crippen molar-refractivity contribution in [2.24, 2.45) is 0 Å². The van der Waals surface area contributed by atoms with Crippen molar-refractivity contribution in [3.8, 4) is 29.2 Å². The summed E-state index contributed by atoms with van der Waals surface area (Å²) >= 11 is 0. The maximum atomic E-state index is 14.7. The van der Waals surface area contributed by atoms with E-state index in [1.807, 2.05) is 13.8 Å². The SMILES string of the molecule is C#C[Si](C(C)C)(C(C)C)C(C)C.CCCCCc1cc(C)c(C#C[Si](C(C)C)(C(C)C)C(C)C)c(F)c1.CCCCCc1cc(C)c(OS(=O)(=O)C(F)(F)F)c(F)c1. The van der Waals surface area contributed by atoms with Crippen molar-refractivity contribution in [1.82, 2.24) is 0 Å². The van der Waals surface area contributed by atoms with Gasteiger partial charge < -0.3 is 4.18 Å². The normalized spacial score (nSPS) is 12.3. The molecule has 0 unspecified atom stereocenters. The molecular formula is C47H75F5O3SSi2. The van der Waals surface area contributed by atoms with E-state index >= 15 is 0 Å². The number of alkyl halides is 3. The lowest BCUT2D eigenvalue weighted by Gasteiger charge is -2.38. The Bertz CT molecular complexity index is 1690. The molecule has 0 heterocycles. The Morgan fingerprint density at radius 2 is 1.02 bits per heavy atom. The van der Waals surface area contributed by atoms with E-state index in [9.17, 15) is 30.4 Å². The van der Waals surface area contributed by atoms with E-state index < -0.39 is 43.3 Å². The van der Waals surface area contributed by atoms with Gasteiger partial charge in [0.25, 0.3) is 0 Å². The second-order valence-corrected chi connectivity index (χ2v) is 30.3. The maximum Gasteiger partial charge on any atom is 0.534 e. The van der Waals surface area contributed by atoms with Gasteiger partial charge >= 0.3 is 15.6 Å². The maximum absolute atomic E-state index is 14.7. The summed E-state index contributed by atoms with van der Waals surface area (Å²) in [6.07, 6.45) is 13.5. The van der Waals surface area contributed by atoms with E-state index in [1.165, 1.54) is 25.8 Å². The number of aryl methyl sites for hydroxylation is 4. The van der Waals surface area contributed by atoms with Crippen LogP contribution in [0.15, 0.2) is 24.3 Å². The molecule has 0 saturated heterocycles. The number of hydrogen-bond donors (Lipinski definition) is 0. The van der Waals surface area contributed by atoms with E-state index in [1.54, 1.807) is 6.07 Å². The number of benzene rings is 2. The van der Waals surface area contributed by atoms with Crippen LogP contribution in [0.3, 0.4) is 0 Å². The van der Waals surface area contributed by atoms with Crippen LogP contribution >= 0.6 is 0 Å². The molecule has 0 amide bonds. The monoisotopic (exact) mass is 870 g/mol. The molecule has 3 nitrogen and oxygen atoms in total. The molecule has 0 saturated carbocycles. The van der Waals surface area contributed by atoms with E-state index in [2.05, 4.69) is 117 Å². The van der Waals surface area contributed by atoms with E-state index in [4.69, 9.17) is 6.42 Å². The van der Waals surface area contributed by atoms with Crippen molar-refractivity contribution in [3.63, 3.8) is 0 Å². The van der Waals surface area contributed by atoms with Crippen molar-refractivity contribution in [2.75, 3.05) is 0 Å². The quantitative estimate of drug-likeness (QED) is 0.0421. The summed E-state index contributed by atoms with van der Waals surface area (Å²) in [6, 6.07) is 6.27. The first kappa shape index (κ1) is 55.4. The van der Waals surface area contributed by atoms with Gasteiger partial charge in [-0.15, -0.1) is 17.5 Å². The molecular weight excluding hydrogens is 796 g/mol. The Kier molecular flexibility index (Phi) is 23.5. The summed E-state index contributed by atoms with van der Waals surface area (Å²) in [7, 11) is -9.17. The van der Waals surface area contributed by atoms with Gasteiger partial charge in [0.05, 0.1) is 5.56 Å². The third kappa shape index (κ3) is 15.1. The van der Waals surface area contributed by atoms with Crippen molar-refractivity contribution < 1.29 is 34.6 Å². The zero-order chi connectivity index (χ0) is 45.4. The standard InChI is InChI=1S/C23H37FSi.C13H16F4O3S.C11H22Si/c1-9-10-11-12-21-15-20(8)22(23(24)16-21)13-14-25(17(2)3,18(4)5)19(6)7;1-3-4-5-6-10-7-9(2)12(11(14)8-10)20-21(18,19)13(15,16)17;1-8-12(9(2)3,10(4)5)11(6)7/h15-19H,9-12H2,1-8H3;7-8H,3-6H2,1-2H3;1,9-11H,2-7H3. The lowest BCUT2D eigenvalue weighted by molar-refractivity contribution is -0.0501. The number of terminal acetylenes is 1. The van der Waals surface area contributed by atoms with Gasteiger partial charge in [0, 0.05) is 0 Å². The predicted octanol–water partition coefficient (Wildman–Crippen LogP) is 15.4. The summed E-state index contributed by atoms with van der Waals surface area (Å²) in [5.74, 6) is 1.13. The molecule has 0 N–H and O–H groups in total. The molecule has 0 bridgehead atoms. The lowest BCUT2D eigenvalue weighted by Crippen LogP contribution is -2.43. The lowest BCUT2D eigenvalue weighted by atomic mass is 10.0. The first-order valence-electron chi connectivity index (χ1n) is 21.2. The molecule has 2 rings (SSSR count). The summed E-state index contributed by atoms with van der Waals surface area (Å²) in [5.41, 5.74) is 8.30. The number of rotatable bonds is 16. The largest absolute Gasteiger partial charge is 0.534 e. The summed E-state index contributed by atoms with van der Waals surface area (Å²) in [5, 5.41) is 0. The first-order chi connectivity index (χ1) is 26.6. The van der Waals surface area contributed by atoms with Crippen LogP contribution in [0.4, 0.5) is 22.0 Å². The Balaban J connectivity index is 0.000000892. The first-order valence-corrected chi connectivity index (χ1v) is 27.1. The van der Waals surface area contributed by atoms with Crippen LogP contribution in [-0.2, 0) is 23.0 Å². The molecule has 2 aromatic carbocycles. The fraction of sp³-hybridized carbons (Fsp3) is 0.660. The molecule has 0 atom stereocenters. The van der Waals surface area contributed by atoms with Crippen LogP contribution in [-0.4, -0.2) is 30.1 Å². The highest BCUT2D eigenvalue weighted by Gasteiger charge is 2.49. The zero-order valence-electron chi connectivity index (χ0n) is 38.5. The van der Waals surface area contributed by atoms with Crippen LogP contribution in [0.2, 0.25) is 33.2 Å². The molecule has 0 fully saturated rings. The van der Waals surface area contributed by atoms with Crippen molar-refractivity contribution in [3.05, 3.63) is 63.7 Å². The number of unbranched alkanes of at least 4 members (excludes halogenated alkanes) is 4. The minimum atomic E-state index is -5.87. The molecule has 11 heteroatoms. The fourth-order valence-electron chi connectivity index (χ4n) is 8.59. The van der Waals surface area contributed by atoms with Gasteiger partial charge in [0.15, 0.2) is 11.6 Å². The van der Waals surface area contributed by atoms with Gasteiger partial charge in [-0.1, -0.05) is 141 Å². The number of halogens is 5. The Morgan fingerprint density at radius 3 is 1.31 bits per heavy atom.